The first-order chi connectivity index (χ1) is 3.31. The first-order valence-electron chi connectivity index (χ1n) is 1.88. The van der Waals surface area contributed by atoms with Gasteiger partial charge in [-0.15, -0.1) is 0 Å². The van der Waals surface area contributed by atoms with Crippen LogP contribution >= 0.6 is 0 Å². The standard InChI is InChI=1S/C3H7N3O/c1-3(7-2)5-6-4/h3H,1-2H3/t3-/m0/s1. The fourth-order valence-electron chi connectivity index (χ4n) is 0.120. The van der Waals surface area contributed by atoms with Gasteiger partial charge in [0.05, 0.1) is 0 Å². The highest BCUT2D eigenvalue weighted by molar-refractivity contribution is 4.44. The van der Waals surface area contributed by atoms with E-state index < -0.39 is 0 Å². The molecule has 0 aliphatic heterocycles. The number of hydrogen-bond acceptors (Lipinski definition) is 2. The molecule has 0 aliphatic carbocycles. The average Bonchev–Trinajstić information content (AvgIpc) is 1.68. The molecule has 0 fully saturated rings. The number of ether oxygens (including phenoxy) is 1. The molecule has 7 heavy (non-hydrogen) atoms. The zero-order valence-corrected chi connectivity index (χ0v) is 4.33. The molecule has 1 atom stereocenters. The summed E-state index contributed by atoms with van der Waals surface area (Å²) >= 11 is 0. The van der Waals surface area contributed by atoms with E-state index in [1.807, 2.05) is 0 Å². The number of hydrogen-bond donors (Lipinski definition) is 0. The van der Waals surface area contributed by atoms with E-state index in [0.717, 1.165) is 0 Å². The van der Waals surface area contributed by atoms with Crippen LogP contribution in [0.5, 0.6) is 0 Å². The van der Waals surface area contributed by atoms with Gasteiger partial charge in [-0.3, -0.25) is 0 Å². The molecular formula is C3H7N3O. The van der Waals surface area contributed by atoms with Gasteiger partial charge in [-0.25, -0.2) is 0 Å². The van der Waals surface area contributed by atoms with E-state index in [9.17, 15) is 0 Å². The van der Waals surface area contributed by atoms with Gasteiger partial charge < -0.3 is 4.74 Å². The Morgan fingerprint density at radius 2 is 2.43 bits per heavy atom. The van der Waals surface area contributed by atoms with E-state index >= 15 is 0 Å². The number of methoxy groups -OCH3 is 1. The highest BCUT2D eigenvalue weighted by Crippen LogP contribution is 1.86. The van der Waals surface area contributed by atoms with Crippen molar-refractivity contribution in [3.63, 3.8) is 0 Å². The Morgan fingerprint density at radius 1 is 1.86 bits per heavy atom. The summed E-state index contributed by atoms with van der Waals surface area (Å²) in [4.78, 5) is 2.51. The van der Waals surface area contributed by atoms with E-state index in [1.165, 1.54) is 7.11 Å². The summed E-state index contributed by atoms with van der Waals surface area (Å²) in [6, 6.07) is 0. The molecule has 0 radical (unpaired) electrons. The summed E-state index contributed by atoms with van der Waals surface area (Å²) < 4.78 is 4.57. The third-order valence-electron chi connectivity index (χ3n) is 0.555. The summed E-state index contributed by atoms with van der Waals surface area (Å²) in [7, 11) is 1.49. The molecule has 4 nitrogen and oxygen atoms in total. The molecule has 40 valence electrons. The van der Waals surface area contributed by atoms with Gasteiger partial charge in [-0.1, -0.05) is 5.11 Å². The van der Waals surface area contributed by atoms with Crippen LogP contribution < -0.4 is 0 Å². The van der Waals surface area contributed by atoms with Crippen molar-refractivity contribution in [1.29, 1.82) is 0 Å². The van der Waals surface area contributed by atoms with Crippen LogP contribution in [0.25, 0.3) is 10.4 Å². The van der Waals surface area contributed by atoms with Crippen LogP contribution in [-0.2, 0) is 4.74 Å². The Hall–Kier alpha value is -0.730. The third kappa shape index (κ3) is 3.09. The molecule has 0 saturated carbocycles. The van der Waals surface area contributed by atoms with Crippen molar-refractivity contribution in [3.8, 4) is 0 Å². The van der Waals surface area contributed by atoms with Crippen LogP contribution in [0.2, 0.25) is 0 Å². The second-order valence-corrected chi connectivity index (χ2v) is 1.04. The quantitative estimate of drug-likeness (QED) is 0.293. The summed E-state index contributed by atoms with van der Waals surface area (Å²) in [5, 5.41) is 3.20. The lowest BCUT2D eigenvalue weighted by molar-refractivity contribution is 0.124. The first kappa shape index (κ1) is 6.27. The molecule has 0 aliphatic rings. The van der Waals surface area contributed by atoms with Crippen LogP contribution in [0.4, 0.5) is 0 Å². The fraction of sp³-hybridized carbons (Fsp3) is 1.00. The summed E-state index contributed by atoms with van der Waals surface area (Å²) in [6.07, 6.45) is -0.343. The van der Waals surface area contributed by atoms with Crippen LogP contribution in [0, 0.1) is 0 Å². The maximum absolute atomic E-state index is 7.75. The van der Waals surface area contributed by atoms with Gasteiger partial charge in [0.1, 0.15) is 6.23 Å². The molecular weight excluding hydrogens is 94.1 g/mol. The largest absolute Gasteiger partial charge is 0.376 e. The number of azide groups is 1. The van der Waals surface area contributed by atoms with E-state index in [1.54, 1.807) is 6.92 Å². The Morgan fingerprint density at radius 3 is 2.57 bits per heavy atom. The van der Waals surface area contributed by atoms with Crippen LogP contribution in [0.15, 0.2) is 5.11 Å². The lowest BCUT2D eigenvalue weighted by Crippen LogP contribution is -1.96. The monoisotopic (exact) mass is 101 g/mol. The zero-order chi connectivity index (χ0) is 5.70. The van der Waals surface area contributed by atoms with Crippen molar-refractivity contribution in [2.75, 3.05) is 7.11 Å². The molecule has 0 rings (SSSR count). The molecule has 0 aromatic heterocycles. The Bertz CT molecular complexity index is 86.2. The maximum atomic E-state index is 7.75. The molecule has 0 bridgehead atoms. The van der Waals surface area contributed by atoms with E-state index in [4.69, 9.17) is 5.53 Å². The number of nitrogens with zero attached hydrogens (tertiary/aromatic N) is 3. The van der Waals surface area contributed by atoms with Gasteiger partial charge in [-0.05, 0) is 12.5 Å². The van der Waals surface area contributed by atoms with Gasteiger partial charge in [0.25, 0.3) is 0 Å². The van der Waals surface area contributed by atoms with E-state index in [2.05, 4.69) is 14.8 Å². The third-order valence-corrected chi connectivity index (χ3v) is 0.555. The highest BCUT2D eigenvalue weighted by atomic mass is 16.5. The van der Waals surface area contributed by atoms with Crippen LogP contribution in [0.3, 0.4) is 0 Å². The summed E-state index contributed by atoms with van der Waals surface area (Å²) in [5.74, 6) is 0. The number of rotatable bonds is 2. The first-order valence-corrected chi connectivity index (χ1v) is 1.88. The van der Waals surface area contributed by atoms with Gasteiger partial charge in [0, 0.05) is 12.0 Å². The molecule has 0 spiro atoms. The Kier molecular flexibility index (Phi) is 3.10. The molecule has 0 aromatic carbocycles. The maximum Gasteiger partial charge on any atom is 0.133 e. The molecule has 0 saturated heterocycles. The SMILES string of the molecule is CO[C@@H](C)N=[N+]=[N-]. The minimum Gasteiger partial charge on any atom is -0.376 e. The lowest BCUT2D eigenvalue weighted by Gasteiger charge is -1.95. The van der Waals surface area contributed by atoms with Crippen LogP contribution in [-0.4, -0.2) is 13.3 Å². The molecule has 0 amide bonds. The summed E-state index contributed by atoms with van der Waals surface area (Å²) in [5.41, 5.74) is 7.75. The van der Waals surface area contributed by atoms with Gasteiger partial charge in [0.2, 0.25) is 0 Å². The second-order valence-electron chi connectivity index (χ2n) is 1.04. The topological polar surface area (TPSA) is 58.0 Å². The smallest absolute Gasteiger partial charge is 0.133 e. The van der Waals surface area contributed by atoms with Crippen molar-refractivity contribution in [2.45, 2.75) is 13.2 Å². The van der Waals surface area contributed by atoms with Gasteiger partial charge in [-0.2, -0.15) is 0 Å². The lowest BCUT2D eigenvalue weighted by atomic mass is 10.7. The zero-order valence-electron chi connectivity index (χ0n) is 4.33. The predicted octanol–water partition coefficient (Wildman–Crippen LogP) is 1.29. The minimum absolute atomic E-state index is 0.343. The summed E-state index contributed by atoms with van der Waals surface area (Å²) in [6.45, 7) is 1.67. The highest BCUT2D eigenvalue weighted by Gasteiger charge is 1.87. The average molecular weight is 101 g/mol. The Labute approximate surface area is 41.7 Å². The second kappa shape index (κ2) is 3.46. The van der Waals surface area contributed by atoms with Crippen molar-refractivity contribution in [3.05, 3.63) is 10.4 Å². The molecule has 0 heterocycles. The van der Waals surface area contributed by atoms with Crippen molar-refractivity contribution >= 4 is 0 Å². The molecule has 0 aromatic rings. The molecule has 4 heteroatoms. The molecule has 0 unspecified atom stereocenters. The van der Waals surface area contributed by atoms with Gasteiger partial charge >= 0.3 is 0 Å². The van der Waals surface area contributed by atoms with Crippen molar-refractivity contribution in [2.24, 2.45) is 5.11 Å². The Balaban J connectivity index is 3.35. The predicted molar refractivity (Wildman–Crippen MR) is 25.6 cm³/mol. The normalized spacial score (nSPS) is 12.3. The van der Waals surface area contributed by atoms with Crippen molar-refractivity contribution in [1.82, 2.24) is 0 Å². The van der Waals surface area contributed by atoms with E-state index in [0.29, 0.717) is 0 Å². The fourth-order valence-corrected chi connectivity index (χ4v) is 0.120. The van der Waals surface area contributed by atoms with Crippen molar-refractivity contribution < 1.29 is 4.74 Å². The van der Waals surface area contributed by atoms with Gasteiger partial charge in [0.15, 0.2) is 0 Å². The van der Waals surface area contributed by atoms with Crippen LogP contribution in [0.1, 0.15) is 6.92 Å². The minimum atomic E-state index is -0.343. The van der Waals surface area contributed by atoms with E-state index in [-0.39, 0.29) is 6.23 Å². The molecule has 0 N–H and O–H groups in total.